The molecular formula is C5H7BO. The van der Waals surface area contributed by atoms with Crippen molar-refractivity contribution in [2.24, 2.45) is 0 Å². The summed E-state index contributed by atoms with van der Waals surface area (Å²) in [5.74, 6) is 2.96. The van der Waals surface area contributed by atoms with E-state index >= 15 is 0 Å². The van der Waals surface area contributed by atoms with Crippen LogP contribution in [0.4, 0.5) is 0 Å². The molecule has 1 rings (SSSR count). The van der Waals surface area contributed by atoms with Crippen molar-refractivity contribution in [2.75, 3.05) is 0 Å². The van der Waals surface area contributed by atoms with Gasteiger partial charge in [-0.05, 0) is 0 Å². The topological polar surface area (TPSA) is 13.1 Å². The van der Waals surface area contributed by atoms with Crippen molar-refractivity contribution in [3.63, 3.8) is 0 Å². The van der Waals surface area contributed by atoms with E-state index in [2.05, 4.69) is 6.92 Å². The third-order valence-corrected chi connectivity index (χ3v) is 0.929. The molecule has 0 aliphatic carbocycles. The van der Waals surface area contributed by atoms with E-state index in [1.165, 1.54) is 0 Å². The van der Waals surface area contributed by atoms with E-state index in [9.17, 15) is 0 Å². The Morgan fingerprint density at radius 2 is 2.71 bits per heavy atom. The first-order valence-electron chi connectivity index (χ1n) is 2.46. The van der Waals surface area contributed by atoms with Gasteiger partial charge >= 0.3 is 42.6 Å². The Bertz CT molecular complexity index is 123. The second kappa shape index (κ2) is 1.96. The van der Waals surface area contributed by atoms with Crippen LogP contribution < -0.4 is 0 Å². The summed E-state index contributed by atoms with van der Waals surface area (Å²) in [6.45, 7) is 2.07. The van der Waals surface area contributed by atoms with E-state index in [0.717, 1.165) is 12.2 Å². The van der Waals surface area contributed by atoms with Gasteiger partial charge < -0.3 is 0 Å². The Morgan fingerprint density at radius 3 is 3.00 bits per heavy atom. The molecule has 2 heteroatoms. The van der Waals surface area contributed by atoms with Gasteiger partial charge in [0.1, 0.15) is 0 Å². The first kappa shape index (κ1) is 4.63. The molecule has 0 atom stereocenters. The molecule has 0 aromatic carbocycles. The van der Waals surface area contributed by atoms with Gasteiger partial charge in [-0.3, -0.25) is 0 Å². The van der Waals surface area contributed by atoms with Gasteiger partial charge in [-0.2, -0.15) is 0 Å². The third kappa shape index (κ3) is 0.920. The minimum absolute atomic E-state index is 0.993. The molecule has 1 aromatic rings. The fourth-order valence-electron chi connectivity index (χ4n) is 0.514. The molecule has 0 unspecified atom stereocenters. The van der Waals surface area contributed by atoms with Gasteiger partial charge in [-0.1, -0.05) is 0 Å². The average Bonchev–Trinajstić information content (AvgIpc) is 2.14. The predicted octanol–water partition coefficient (Wildman–Crippen LogP) is 1.18. The molecule has 0 saturated carbocycles. The summed E-state index contributed by atoms with van der Waals surface area (Å²) in [6, 6.07) is 1.97. The zero-order valence-electron chi connectivity index (χ0n) is 4.35. The molecule has 1 aromatic heterocycles. The van der Waals surface area contributed by atoms with Crippen LogP contribution in [-0.4, -0.2) is 7.13 Å². The molecule has 1 nitrogen and oxygen atoms in total. The Balaban J connectivity index is 2.76. The van der Waals surface area contributed by atoms with Crippen LogP contribution in [0, 0.1) is 0 Å². The summed E-state index contributed by atoms with van der Waals surface area (Å²) in [5, 5.41) is 0. The number of aryl methyl sites for hydroxylation is 1. The van der Waals surface area contributed by atoms with E-state index in [1.54, 1.807) is 7.13 Å². The molecule has 0 aliphatic heterocycles. The van der Waals surface area contributed by atoms with Crippen LogP contribution in [0.1, 0.15) is 12.7 Å². The summed E-state index contributed by atoms with van der Waals surface area (Å²) in [7, 11) is 1.69. The third-order valence-electron chi connectivity index (χ3n) is 0.929. The Hall–Kier alpha value is -0.525. The Labute approximate surface area is 43.6 Å². The van der Waals surface area contributed by atoms with Crippen molar-refractivity contribution < 1.29 is 4.33 Å². The Kier molecular flexibility index (Phi) is 1.30. The normalized spacial score (nSPS) is 8.71. The molecule has 7 heavy (non-hydrogen) atoms. The number of hydrogen-bond donors (Lipinski definition) is 0. The fraction of sp³-hybridized carbons (Fsp3) is 0.400. The van der Waals surface area contributed by atoms with Crippen LogP contribution in [0.3, 0.4) is 0 Å². The van der Waals surface area contributed by atoms with E-state index in [1.807, 2.05) is 12.0 Å². The van der Waals surface area contributed by atoms with Crippen LogP contribution in [0.25, 0.3) is 0 Å². The zero-order valence-corrected chi connectivity index (χ0v) is 4.35. The van der Waals surface area contributed by atoms with E-state index < -0.39 is 0 Å². The van der Waals surface area contributed by atoms with Gasteiger partial charge in [-0.15, -0.1) is 0 Å². The average molecular weight is 93.9 g/mol. The van der Waals surface area contributed by atoms with E-state index in [-0.39, 0.29) is 0 Å². The van der Waals surface area contributed by atoms with Gasteiger partial charge in [0.25, 0.3) is 0 Å². The summed E-state index contributed by atoms with van der Waals surface area (Å²) in [6.07, 6.45) is 0.993. The van der Waals surface area contributed by atoms with Crippen molar-refractivity contribution in [1.82, 2.24) is 0 Å². The van der Waals surface area contributed by atoms with E-state index in [4.69, 9.17) is 4.33 Å². The van der Waals surface area contributed by atoms with Gasteiger partial charge in [0.15, 0.2) is 0 Å². The molecule has 0 aliphatic rings. The monoisotopic (exact) mass is 94.1 g/mol. The predicted molar refractivity (Wildman–Crippen MR) is 29.4 cm³/mol. The quantitative estimate of drug-likeness (QED) is 0.509. The van der Waals surface area contributed by atoms with E-state index in [0.29, 0.717) is 0 Å². The van der Waals surface area contributed by atoms with Crippen LogP contribution in [0.2, 0.25) is 0 Å². The molecule has 0 saturated heterocycles. The molecule has 0 N–H and O–H groups in total. The van der Waals surface area contributed by atoms with Gasteiger partial charge in [0.05, 0.1) is 0 Å². The summed E-state index contributed by atoms with van der Waals surface area (Å²) in [4.78, 5) is 0. The SMILES string of the molecule is CCc1ccbo1. The van der Waals surface area contributed by atoms with Crippen molar-refractivity contribution >= 4 is 7.13 Å². The minimum atomic E-state index is 0.993. The van der Waals surface area contributed by atoms with Gasteiger partial charge in [-0.25, -0.2) is 0 Å². The van der Waals surface area contributed by atoms with Crippen LogP contribution in [-0.2, 0) is 6.42 Å². The summed E-state index contributed by atoms with van der Waals surface area (Å²) < 4.78 is 4.98. The second-order valence-corrected chi connectivity index (χ2v) is 1.43. The molecule has 0 spiro atoms. The maximum atomic E-state index is 4.98. The molecular weight excluding hydrogens is 86.9 g/mol. The number of hydrogen-bond acceptors (Lipinski definition) is 1. The van der Waals surface area contributed by atoms with Crippen molar-refractivity contribution in [2.45, 2.75) is 13.3 Å². The van der Waals surface area contributed by atoms with Crippen LogP contribution in [0.5, 0.6) is 0 Å². The molecule has 0 fully saturated rings. The van der Waals surface area contributed by atoms with Crippen molar-refractivity contribution in [3.8, 4) is 0 Å². The first-order valence-corrected chi connectivity index (χ1v) is 2.46. The molecule has 36 valence electrons. The van der Waals surface area contributed by atoms with Gasteiger partial charge in [0.2, 0.25) is 0 Å². The molecule has 0 amide bonds. The summed E-state index contributed by atoms with van der Waals surface area (Å²) >= 11 is 0. The second-order valence-electron chi connectivity index (χ2n) is 1.43. The fourth-order valence-corrected chi connectivity index (χ4v) is 0.514. The Morgan fingerprint density at radius 1 is 1.86 bits per heavy atom. The van der Waals surface area contributed by atoms with Crippen LogP contribution >= 0.6 is 0 Å². The maximum absolute atomic E-state index is 4.98. The number of rotatable bonds is 1. The van der Waals surface area contributed by atoms with Crippen LogP contribution in [0.15, 0.2) is 16.4 Å². The molecule has 1 heterocycles. The molecule has 0 bridgehead atoms. The van der Waals surface area contributed by atoms with Gasteiger partial charge in [0, 0.05) is 0 Å². The van der Waals surface area contributed by atoms with Crippen molar-refractivity contribution in [3.05, 3.63) is 17.8 Å². The standard InChI is InChI=1S/C5H7BO/c1-2-5-3-4-6-7-5/h3-4H,2H2,1H3. The summed E-state index contributed by atoms with van der Waals surface area (Å²) in [5.41, 5.74) is 0. The van der Waals surface area contributed by atoms with Crippen molar-refractivity contribution in [1.29, 1.82) is 0 Å². The molecule has 0 radical (unpaired) electrons. The zero-order chi connectivity index (χ0) is 5.11. The first-order chi connectivity index (χ1) is 3.43.